The van der Waals surface area contributed by atoms with E-state index in [4.69, 9.17) is 11.6 Å². The van der Waals surface area contributed by atoms with Crippen molar-refractivity contribution >= 4 is 11.6 Å². The molecule has 1 aromatic rings. The van der Waals surface area contributed by atoms with Gasteiger partial charge in [0.25, 0.3) is 5.56 Å². The molecule has 0 aliphatic heterocycles. The first-order chi connectivity index (χ1) is 7.93. The Kier molecular flexibility index (Phi) is 4.57. The average Bonchev–Trinajstić information content (AvgIpc) is 2.23. The van der Waals surface area contributed by atoms with Crippen LogP contribution in [0.1, 0.15) is 45.7 Å². The number of aromatic nitrogens is 2. The minimum absolute atomic E-state index is 0.0891. The molecular weight excluding hydrogens is 240 g/mol. The maximum Gasteiger partial charge on any atom is 0.329 e. The summed E-state index contributed by atoms with van der Waals surface area (Å²) in [6.07, 6.45) is 1.26. The highest BCUT2D eigenvalue weighted by atomic mass is 35.5. The molecule has 1 aromatic heterocycles. The summed E-state index contributed by atoms with van der Waals surface area (Å²) in [6, 6.07) is -0.0891. The third-order valence-corrected chi connectivity index (χ3v) is 3.37. The van der Waals surface area contributed by atoms with Crippen LogP contribution in [-0.2, 0) is 6.42 Å². The molecule has 1 atom stereocenters. The molecule has 0 aliphatic carbocycles. The minimum atomic E-state index is -0.419. The van der Waals surface area contributed by atoms with Crippen LogP contribution in [0.3, 0.4) is 0 Å². The largest absolute Gasteiger partial charge is 0.329 e. The van der Waals surface area contributed by atoms with Gasteiger partial charge in [-0.1, -0.05) is 39.3 Å². The smallest absolute Gasteiger partial charge is 0.297 e. The second-order valence-electron chi connectivity index (χ2n) is 4.47. The van der Waals surface area contributed by atoms with Crippen molar-refractivity contribution in [3.63, 3.8) is 0 Å². The number of hydrogen-bond donors (Lipinski definition) is 1. The summed E-state index contributed by atoms with van der Waals surface area (Å²) < 4.78 is 1.30. The van der Waals surface area contributed by atoms with Crippen molar-refractivity contribution in [3.8, 4) is 0 Å². The highest BCUT2D eigenvalue weighted by Crippen LogP contribution is 2.18. The van der Waals surface area contributed by atoms with Crippen LogP contribution in [0.15, 0.2) is 9.59 Å². The van der Waals surface area contributed by atoms with Gasteiger partial charge in [-0.15, -0.1) is 0 Å². The fraction of sp³-hybridized carbons (Fsp3) is 0.667. The maximum atomic E-state index is 12.2. The van der Waals surface area contributed by atoms with E-state index < -0.39 is 5.69 Å². The van der Waals surface area contributed by atoms with Gasteiger partial charge in [0.15, 0.2) is 0 Å². The number of rotatable bonds is 4. The van der Waals surface area contributed by atoms with Crippen molar-refractivity contribution in [3.05, 3.63) is 31.6 Å². The van der Waals surface area contributed by atoms with Gasteiger partial charge in [0, 0.05) is 6.04 Å². The number of H-pyrrole nitrogens is 1. The van der Waals surface area contributed by atoms with Gasteiger partial charge in [0.1, 0.15) is 5.15 Å². The molecule has 17 heavy (non-hydrogen) atoms. The molecule has 1 rings (SSSR count). The van der Waals surface area contributed by atoms with Gasteiger partial charge >= 0.3 is 5.69 Å². The van der Waals surface area contributed by atoms with E-state index in [-0.39, 0.29) is 22.7 Å². The zero-order chi connectivity index (χ0) is 13.2. The van der Waals surface area contributed by atoms with Gasteiger partial charge in [-0.05, 0) is 18.8 Å². The molecule has 0 aromatic carbocycles. The van der Waals surface area contributed by atoms with Crippen LogP contribution in [0.25, 0.3) is 0 Å². The molecule has 0 spiro atoms. The van der Waals surface area contributed by atoms with Crippen LogP contribution >= 0.6 is 11.6 Å². The number of hydrogen-bond acceptors (Lipinski definition) is 2. The first-order valence-electron chi connectivity index (χ1n) is 5.97. The highest BCUT2D eigenvalue weighted by Gasteiger charge is 2.20. The molecule has 1 unspecified atom stereocenters. The van der Waals surface area contributed by atoms with Gasteiger partial charge in [-0.2, -0.15) is 0 Å². The van der Waals surface area contributed by atoms with E-state index in [1.807, 2.05) is 27.7 Å². The Labute approximate surface area is 106 Å². The molecule has 4 nitrogen and oxygen atoms in total. The van der Waals surface area contributed by atoms with E-state index in [2.05, 4.69) is 4.98 Å². The van der Waals surface area contributed by atoms with E-state index in [1.54, 1.807) is 0 Å². The normalized spacial score (nSPS) is 13.1. The number of halogens is 1. The number of nitrogens with zero attached hydrogens (tertiary/aromatic N) is 1. The molecule has 0 saturated carbocycles. The Morgan fingerprint density at radius 1 is 1.29 bits per heavy atom. The van der Waals surface area contributed by atoms with Crippen LogP contribution < -0.4 is 11.2 Å². The van der Waals surface area contributed by atoms with Crippen molar-refractivity contribution < 1.29 is 0 Å². The summed E-state index contributed by atoms with van der Waals surface area (Å²) in [7, 11) is 0. The van der Waals surface area contributed by atoms with Gasteiger partial charge in [-0.3, -0.25) is 14.3 Å². The Hall–Kier alpha value is -1.03. The molecule has 0 radical (unpaired) electrons. The standard InChI is InChI=1S/C12H19ClN2O2/c1-5-8-10(13)14-12(17)15(11(8)16)9(6-2)7(3)4/h7,9H,5-6H2,1-4H3,(H,14,17). The quantitative estimate of drug-likeness (QED) is 0.843. The molecular formula is C12H19ClN2O2. The number of aromatic amines is 1. The van der Waals surface area contributed by atoms with E-state index in [0.29, 0.717) is 12.0 Å². The molecule has 0 fully saturated rings. The summed E-state index contributed by atoms with van der Waals surface area (Å²) in [4.78, 5) is 26.6. The fourth-order valence-electron chi connectivity index (χ4n) is 2.12. The number of nitrogens with one attached hydrogen (secondary N) is 1. The van der Waals surface area contributed by atoms with E-state index >= 15 is 0 Å². The summed E-state index contributed by atoms with van der Waals surface area (Å²) in [5, 5.41) is 0.164. The zero-order valence-electron chi connectivity index (χ0n) is 10.7. The lowest BCUT2D eigenvalue weighted by molar-refractivity contribution is 0.343. The summed E-state index contributed by atoms with van der Waals surface area (Å²) in [5.41, 5.74) is -0.204. The Balaban J connectivity index is 3.54. The van der Waals surface area contributed by atoms with Crippen molar-refractivity contribution in [2.24, 2.45) is 5.92 Å². The summed E-state index contributed by atoms with van der Waals surface area (Å²) in [6.45, 7) is 7.82. The second kappa shape index (κ2) is 5.54. The molecule has 1 N–H and O–H groups in total. The van der Waals surface area contributed by atoms with Gasteiger partial charge in [-0.25, -0.2) is 4.79 Å². The van der Waals surface area contributed by atoms with Crippen LogP contribution in [0, 0.1) is 5.92 Å². The summed E-state index contributed by atoms with van der Waals surface area (Å²) >= 11 is 5.87. The van der Waals surface area contributed by atoms with Gasteiger partial charge in [0.05, 0.1) is 5.56 Å². The van der Waals surface area contributed by atoms with Gasteiger partial charge in [0.2, 0.25) is 0 Å². The Bertz CT molecular complexity index is 502. The van der Waals surface area contributed by atoms with Crippen LogP contribution in [0.4, 0.5) is 0 Å². The lowest BCUT2D eigenvalue weighted by atomic mass is 10.0. The third kappa shape index (κ3) is 2.63. The molecule has 0 amide bonds. The van der Waals surface area contributed by atoms with E-state index in [1.165, 1.54) is 4.57 Å². The third-order valence-electron chi connectivity index (χ3n) is 3.05. The Morgan fingerprint density at radius 3 is 2.29 bits per heavy atom. The zero-order valence-corrected chi connectivity index (χ0v) is 11.5. The first kappa shape index (κ1) is 14.0. The monoisotopic (exact) mass is 258 g/mol. The van der Waals surface area contributed by atoms with E-state index in [0.717, 1.165) is 6.42 Å². The molecule has 5 heteroatoms. The predicted molar refractivity (Wildman–Crippen MR) is 69.9 cm³/mol. The topological polar surface area (TPSA) is 54.9 Å². The first-order valence-corrected chi connectivity index (χ1v) is 6.34. The minimum Gasteiger partial charge on any atom is -0.297 e. The fourth-order valence-corrected chi connectivity index (χ4v) is 2.42. The van der Waals surface area contributed by atoms with Gasteiger partial charge < -0.3 is 0 Å². The molecule has 1 heterocycles. The average molecular weight is 259 g/mol. The van der Waals surface area contributed by atoms with Crippen molar-refractivity contribution in [2.75, 3.05) is 0 Å². The van der Waals surface area contributed by atoms with Crippen molar-refractivity contribution in [1.29, 1.82) is 0 Å². The van der Waals surface area contributed by atoms with Crippen molar-refractivity contribution in [1.82, 2.24) is 9.55 Å². The lowest BCUT2D eigenvalue weighted by Crippen LogP contribution is -2.41. The molecule has 96 valence electrons. The maximum absolute atomic E-state index is 12.2. The van der Waals surface area contributed by atoms with Crippen LogP contribution in [0.5, 0.6) is 0 Å². The second-order valence-corrected chi connectivity index (χ2v) is 4.85. The van der Waals surface area contributed by atoms with Crippen LogP contribution in [-0.4, -0.2) is 9.55 Å². The van der Waals surface area contributed by atoms with Crippen LogP contribution in [0.2, 0.25) is 5.15 Å². The highest BCUT2D eigenvalue weighted by molar-refractivity contribution is 6.30. The molecule has 0 aliphatic rings. The van der Waals surface area contributed by atoms with Crippen molar-refractivity contribution in [2.45, 2.75) is 46.6 Å². The predicted octanol–water partition coefficient (Wildman–Crippen LogP) is 2.36. The molecule has 0 bridgehead atoms. The lowest BCUT2D eigenvalue weighted by Gasteiger charge is -2.21. The Morgan fingerprint density at radius 2 is 1.88 bits per heavy atom. The SMILES string of the molecule is CCc1c(Cl)[nH]c(=O)n(C(CC)C(C)C)c1=O. The van der Waals surface area contributed by atoms with E-state index in [9.17, 15) is 9.59 Å². The molecule has 0 saturated heterocycles. The summed E-state index contributed by atoms with van der Waals surface area (Å²) in [5.74, 6) is 0.227.